The van der Waals surface area contributed by atoms with Gasteiger partial charge in [0.25, 0.3) is 5.91 Å². The Morgan fingerprint density at radius 2 is 2.08 bits per heavy atom. The van der Waals surface area contributed by atoms with Crippen LogP contribution in [0, 0.1) is 6.92 Å². The lowest BCUT2D eigenvalue weighted by Crippen LogP contribution is -2.50. The van der Waals surface area contributed by atoms with Crippen LogP contribution in [0.1, 0.15) is 49.7 Å². The second-order valence-corrected chi connectivity index (χ2v) is 7.39. The highest BCUT2D eigenvalue weighted by molar-refractivity contribution is 6.32. The molecular weight excluding hydrogens is 330 g/mol. The van der Waals surface area contributed by atoms with Gasteiger partial charge >= 0.3 is 6.09 Å². The topological polar surface area (TPSA) is 71.5 Å². The molecule has 2 heterocycles. The van der Waals surface area contributed by atoms with Crippen LogP contribution in [0.4, 0.5) is 4.79 Å². The maximum absolute atomic E-state index is 12.6. The smallest absolute Gasteiger partial charge is 0.407 e. The summed E-state index contributed by atoms with van der Waals surface area (Å²) < 4.78 is 5.27. The number of hydrogen-bond donors (Lipinski definition) is 1. The van der Waals surface area contributed by atoms with Crippen molar-refractivity contribution in [3.8, 4) is 0 Å². The first-order valence-electron chi connectivity index (χ1n) is 8.07. The first-order chi connectivity index (χ1) is 11.2. The van der Waals surface area contributed by atoms with E-state index >= 15 is 0 Å². The van der Waals surface area contributed by atoms with E-state index in [1.807, 2.05) is 27.7 Å². The predicted octanol–water partition coefficient (Wildman–Crippen LogP) is 3.17. The Labute approximate surface area is 147 Å². The molecule has 1 fully saturated rings. The van der Waals surface area contributed by atoms with Gasteiger partial charge in [-0.25, -0.2) is 9.78 Å². The number of aromatic nitrogens is 1. The number of carbonyl (C=O) groups excluding carboxylic acids is 2. The number of ether oxygens (including phenoxy) is 1. The predicted molar refractivity (Wildman–Crippen MR) is 92.3 cm³/mol. The summed E-state index contributed by atoms with van der Waals surface area (Å²) in [6.07, 6.45) is 1.16. The molecule has 1 N–H and O–H groups in total. The minimum Gasteiger partial charge on any atom is -0.444 e. The lowest BCUT2D eigenvalue weighted by Gasteiger charge is -2.33. The van der Waals surface area contributed by atoms with Gasteiger partial charge < -0.3 is 15.0 Å². The highest BCUT2D eigenvalue weighted by Gasteiger charge is 2.28. The van der Waals surface area contributed by atoms with E-state index in [0.29, 0.717) is 18.7 Å². The second kappa shape index (κ2) is 7.38. The number of halogens is 1. The molecule has 1 aliphatic heterocycles. The summed E-state index contributed by atoms with van der Waals surface area (Å²) in [6, 6.07) is 3.33. The Bertz CT molecular complexity index is 628. The van der Waals surface area contributed by atoms with Gasteiger partial charge in [-0.15, -0.1) is 0 Å². The van der Waals surface area contributed by atoms with Gasteiger partial charge in [0.05, 0.1) is 5.56 Å². The number of aryl methyl sites for hydroxylation is 1. The molecule has 0 spiro atoms. The fraction of sp³-hybridized carbons (Fsp3) is 0.588. The van der Waals surface area contributed by atoms with Crippen molar-refractivity contribution in [1.82, 2.24) is 15.2 Å². The van der Waals surface area contributed by atoms with Gasteiger partial charge in [-0.2, -0.15) is 0 Å². The largest absolute Gasteiger partial charge is 0.444 e. The average Bonchev–Trinajstić information content (AvgIpc) is 2.44. The van der Waals surface area contributed by atoms with Crippen LogP contribution < -0.4 is 5.32 Å². The van der Waals surface area contributed by atoms with Crippen molar-refractivity contribution in [1.29, 1.82) is 0 Å². The van der Waals surface area contributed by atoms with Crippen molar-refractivity contribution in [2.75, 3.05) is 13.1 Å². The Morgan fingerprint density at radius 1 is 1.38 bits per heavy atom. The van der Waals surface area contributed by atoms with E-state index in [0.717, 1.165) is 18.5 Å². The van der Waals surface area contributed by atoms with Gasteiger partial charge in [0.1, 0.15) is 10.8 Å². The fourth-order valence-electron chi connectivity index (χ4n) is 2.61. The van der Waals surface area contributed by atoms with Gasteiger partial charge in [0.15, 0.2) is 0 Å². The van der Waals surface area contributed by atoms with E-state index in [-0.39, 0.29) is 17.1 Å². The van der Waals surface area contributed by atoms with E-state index < -0.39 is 11.7 Å². The number of hydrogen-bond acceptors (Lipinski definition) is 4. The molecule has 2 rings (SSSR count). The Kier molecular flexibility index (Phi) is 5.70. The third kappa shape index (κ3) is 5.09. The zero-order valence-electron chi connectivity index (χ0n) is 14.6. The Morgan fingerprint density at radius 3 is 2.71 bits per heavy atom. The summed E-state index contributed by atoms with van der Waals surface area (Å²) in [7, 11) is 0. The summed E-state index contributed by atoms with van der Waals surface area (Å²) in [5.41, 5.74) is 0.606. The molecule has 7 heteroatoms. The molecule has 1 aliphatic rings. The minimum absolute atomic E-state index is 0.130. The number of amides is 2. The van der Waals surface area contributed by atoms with E-state index in [9.17, 15) is 9.59 Å². The van der Waals surface area contributed by atoms with Gasteiger partial charge in [-0.3, -0.25) is 4.79 Å². The van der Waals surface area contributed by atoms with E-state index in [2.05, 4.69) is 10.3 Å². The van der Waals surface area contributed by atoms with Crippen LogP contribution in [0.25, 0.3) is 0 Å². The highest BCUT2D eigenvalue weighted by atomic mass is 35.5. The molecule has 132 valence electrons. The van der Waals surface area contributed by atoms with Crippen LogP contribution in [-0.4, -0.2) is 46.6 Å². The summed E-state index contributed by atoms with van der Waals surface area (Å²) in [6.45, 7) is 8.33. The van der Waals surface area contributed by atoms with Crippen molar-refractivity contribution < 1.29 is 14.3 Å². The number of pyridine rings is 1. The maximum atomic E-state index is 12.6. The van der Waals surface area contributed by atoms with E-state index in [1.165, 1.54) is 0 Å². The molecule has 1 saturated heterocycles. The first-order valence-corrected chi connectivity index (χ1v) is 8.45. The molecule has 0 aliphatic carbocycles. The molecule has 2 amide bonds. The lowest BCUT2D eigenvalue weighted by molar-refractivity contribution is 0.0452. The van der Waals surface area contributed by atoms with Gasteiger partial charge in [-0.1, -0.05) is 11.6 Å². The molecule has 24 heavy (non-hydrogen) atoms. The molecule has 0 radical (unpaired) electrons. The van der Waals surface area contributed by atoms with Crippen molar-refractivity contribution in [2.24, 2.45) is 0 Å². The summed E-state index contributed by atoms with van der Waals surface area (Å²) in [4.78, 5) is 30.4. The average molecular weight is 354 g/mol. The van der Waals surface area contributed by atoms with Crippen LogP contribution in [-0.2, 0) is 4.74 Å². The number of carbonyl (C=O) groups is 2. The molecule has 1 aromatic heterocycles. The second-order valence-electron chi connectivity index (χ2n) is 7.03. The summed E-state index contributed by atoms with van der Waals surface area (Å²) in [5, 5.41) is 3.04. The molecule has 6 nitrogen and oxygen atoms in total. The number of alkyl carbamates (subject to hydrolysis) is 1. The van der Waals surface area contributed by atoms with Gasteiger partial charge in [0, 0.05) is 24.8 Å². The first kappa shape index (κ1) is 18.5. The van der Waals surface area contributed by atoms with Crippen LogP contribution in [0.2, 0.25) is 5.15 Å². The normalized spacial score (nSPS) is 18.2. The van der Waals surface area contributed by atoms with E-state index in [4.69, 9.17) is 16.3 Å². The Hall–Kier alpha value is -1.82. The molecule has 0 unspecified atom stereocenters. The molecule has 1 aromatic rings. The number of nitrogens with one attached hydrogen (secondary N) is 1. The van der Waals surface area contributed by atoms with Crippen molar-refractivity contribution >= 4 is 23.6 Å². The minimum atomic E-state index is -0.546. The molecule has 1 atom stereocenters. The summed E-state index contributed by atoms with van der Waals surface area (Å²) >= 11 is 6.09. The fourth-order valence-corrected chi connectivity index (χ4v) is 2.89. The zero-order valence-corrected chi connectivity index (χ0v) is 15.3. The molecule has 0 aromatic carbocycles. The number of likely N-dealkylation sites (tertiary alicyclic amines) is 1. The SMILES string of the molecule is Cc1ccc(C(=O)N2CCC[C@H](NC(=O)OC(C)(C)C)C2)c(Cl)n1. The standard InChI is InChI=1S/C17H24ClN3O3/c1-11-7-8-13(14(18)19-11)15(22)21-9-5-6-12(10-21)20-16(23)24-17(2,3)4/h7-8,12H,5-6,9-10H2,1-4H3,(H,20,23)/t12-/m0/s1. The van der Waals surface area contributed by atoms with Crippen molar-refractivity contribution in [3.05, 3.63) is 28.5 Å². The molecule has 0 saturated carbocycles. The third-order valence-corrected chi connectivity index (χ3v) is 3.94. The van der Waals surface area contributed by atoms with Crippen molar-refractivity contribution in [3.63, 3.8) is 0 Å². The number of nitrogens with zero attached hydrogens (tertiary/aromatic N) is 2. The zero-order chi connectivity index (χ0) is 17.9. The lowest BCUT2D eigenvalue weighted by atomic mass is 10.0. The quantitative estimate of drug-likeness (QED) is 0.829. The molecule has 0 bridgehead atoms. The Balaban J connectivity index is 1.99. The third-order valence-electron chi connectivity index (χ3n) is 3.65. The van der Waals surface area contributed by atoms with Crippen LogP contribution in [0.3, 0.4) is 0 Å². The van der Waals surface area contributed by atoms with Crippen molar-refractivity contribution in [2.45, 2.75) is 52.2 Å². The monoisotopic (exact) mass is 353 g/mol. The number of rotatable bonds is 2. The van der Waals surface area contributed by atoms with E-state index in [1.54, 1.807) is 17.0 Å². The van der Waals surface area contributed by atoms with Gasteiger partial charge in [0.2, 0.25) is 0 Å². The van der Waals surface area contributed by atoms with Crippen LogP contribution >= 0.6 is 11.6 Å². The maximum Gasteiger partial charge on any atom is 0.407 e. The number of piperidine rings is 1. The van der Waals surface area contributed by atoms with Crippen LogP contribution in [0.5, 0.6) is 0 Å². The van der Waals surface area contributed by atoms with Crippen LogP contribution in [0.15, 0.2) is 12.1 Å². The molecular formula is C17H24ClN3O3. The highest BCUT2D eigenvalue weighted by Crippen LogP contribution is 2.19. The summed E-state index contributed by atoms with van der Waals surface area (Å²) in [5.74, 6) is -0.164. The van der Waals surface area contributed by atoms with Gasteiger partial charge in [-0.05, 0) is 52.7 Å².